The Hall–Kier alpha value is -2.13. The number of esters is 1. The zero-order valence-electron chi connectivity index (χ0n) is 14.3. The number of morpholine rings is 1. The molecule has 25 heavy (non-hydrogen) atoms. The molecule has 1 saturated heterocycles. The van der Waals surface area contributed by atoms with Gasteiger partial charge in [0.05, 0.1) is 37.3 Å². The molecule has 0 bridgehead atoms. The Morgan fingerprint density at radius 2 is 1.80 bits per heavy atom. The van der Waals surface area contributed by atoms with Crippen molar-refractivity contribution in [1.82, 2.24) is 4.90 Å². The number of rotatable bonds is 6. The minimum absolute atomic E-state index is 0.254. The number of sulfonamides is 1. The number of amides is 1. The minimum atomic E-state index is -3.66. The Morgan fingerprint density at radius 3 is 2.32 bits per heavy atom. The van der Waals surface area contributed by atoms with Gasteiger partial charge in [0.15, 0.2) is 0 Å². The summed E-state index contributed by atoms with van der Waals surface area (Å²) in [6.07, 6.45) is 1.04. The number of benzene rings is 1. The lowest BCUT2D eigenvalue weighted by Gasteiger charge is -2.30. The van der Waals surface area contributed by atoms with E-state index in [1.54, 1.807) is 11.8 Å². The van der Waals surface area contributed by atoms with Gasteiger partial charge in [0, 0.05) is 13.1 Å². The Morgan fingerprint density at radius 1 is 1.20 bits per heavy atom. The van der Waals surface area contributed by atoms with E-state index in [0.29, 0.717) is 37.6 Å². The molecule has 0 N–H and O–H groups in total. The third kappa shape index (κ3) is 5.17. The van der Waals surface area contributed by atoms with E-state index in [0.717, 1.165) is 10.6 Å². The molecule has 8 nitrogen and oxygen atoms in total. The molecule has 0 unspecified atom stereocenters. The number of hydrogen-bond acceptors (Lipinski definition) is 6. The molecule has 1 aliphatic heterocycles. The summed E-state index contributed by atoms with van der Waals surface area (Å²) < 4.78 is 35.3. The minimum Gasteiger partial charge on any atom is -0.462 e. The molecule has 0 radical (unpaired) electrons. The van der Waals surface area contributed by atoms with Crippen LogP contribution in [0.15, 0.2) is 24.3 Å². The van der Waals surface area contributed by atoms with Gasteiger partial charge in [-0.25, -0.2) is 13.2 Å². The molecule has 1 heterocycles. The second kappa shape index (κ2) is 8.30. The molecule has 0 aliphatic carbocycles. The van der Waals surface area contributed by atoms with Gasteiger partial charge in [-0.2, -0.15) is 0 Å². The van der Waals surface area contributed by atoms with Crippen LogP contribution in [-0.2, 0) is 24.3 Å². The summed E-state index contributed by atoms with van der Waals surface area (Å²) in [5.74, 6) is -0.771. The van der Waals surface area contributed by atoms with Gasteiger partial charge in [0.2, 0.25) is 15.9 Å². The second-order valence-electron chi connectivity index (χ2n) is 5.53. The molecule has 0 spiro atoms. The van der Waals surface area contributed by atoms with Gasteiger partial charge in [-0.3, -0.25) is 9.10 Å². The lowest BCUT2D eigenvalue weighted by molar-refractivity contribution is -0.133. The first kappa shape index (κ1) is 19.2. The van der Waals surface area contributed by atoms with Gasteiger partial charge in [-0.1, -0.05) is 0 Å². The highest BCUT2D eigenvalue weighted by molar-refractivity contribution is 7.92. The SMILES string of the molecule is CCOC(=O)c1ccc(N(CC(=O)N2CCOCC2)S(C)(=O)=O)cc1. The van der Waals surface area contributed by atoms with Gasteiger partial charge in [0.25, 0.3) is 0 Å². The fourth-order valence-corrected chi connectivity index (χ4v) is 3.26. The number of hydrogen-bond donors (Lipinski definition) is 0. The molecule has 1 fully saturated rings. The lowest BCUT2D eigenvalue weighted by atomic mass is 10.2. The fourth-order valence-electron chi connectivity index (χ4n) is 2.41. The summed E-state index contributed by atoms with van der Waals surface area (Å²) in [6.45, 7) is 3.44. The number of carbonyl (C=O) groups is 2. The summed E-state index contributed by atoms with van der Waals surface area (Å²) in [5, 5.41) is 0. The molecule has 1 aliphatic rings. The highest BCUT2D eigenvalue weighted by Gasteiger charge is 2.25. The molecule has 2 rings (SSSR count). The van der Waals surface area contributed by atoms with Crippen LogP contribution in [0.25, 0.3) is 0 Å². The van der Waals surface area contributed by atoms with E-state index in [1.807, 2.05) is 0 Å². The summed E-state index contributed by atoms with van der Waals surface area (Å²) in [5.41, 5.74) is 0.635. The van der Waals surface area contributed by atoms with E-state index in [4.69, 9.17) is 9.47 Å². The van der Waals surface area contributed by atoms with Crippen LogP contribution in [-0.4, -0.2) is 70.9 Å². The molecule has 0 aromatic heterocycles. The third-order valence-electron chi connectivity index (χ3n) is 3.71. The van der Waals surface area contributed by atoms with Gasteiger partial charge in [-0.05, 0) is 31.2 Å². The zero-order valence-corrected chi connectivity index (χ0v) is 15.1. The van der Waals surface area contributed by atoms with Gasteiger partial charge >= 0.3 is 5.97 Å². The number of carbonyl (C=O) groups excluding carboxylic acids is 2. The molecule has 1 aromatic rings. The first-order valence-electron chi connectivity index (χ1n) is 7.93. The first-order chi connectivity index (χ1) is 11.8. The van der Waals surface area contributed by atoms with Gasteiger partial charge < -0.3 is 14.4 Å². The van der Waals surface area contributed by atoms with Crippen molar-refractivity contribution in [3.63, 3.8) is 0 Å². The summed E-state index contributed by atoms with van der Waals surface area (Å²) in [4.78, 5) is 25.6. The molecular formula is C16H22N2O6S. The quantitative estimate of drug-likeness (QED) is 0.677. The van der Waals surface area contributed by atoms with Crippen molar-refractivity contribution in [1.29, 1.82) is 0 Å². The highest BCUT2D eigenvalue weighted by atomic mass is 32.2. The van der Waals surface area contributed by atoms with E-state index in [-0.39, 0.29) is 19.1 Å². The summed E-state index contributed by atoms with van der Waals surface area (Å²) in [6, 6.07) is 5.93. The number of anilines is 1. The Kier molecular flexibility index (Phi) is 6.38. The predicted molar refractivity (Wildman–Crippen MR) is 92.0 cm³/mol. The van der Waals surface area contributed by atoms with Gasteiger partial charge in [0.1, 0.15) is 6.54 Å². The van der Waals surface area contributed by atoms with Crippen molar-refractivity contribution in [2.45, 2.75) is 6.92 Å². The smallest absolute Gasteiger partial charge is 0.338 e. The molecule has 1 amide bonds. The van der Waals surface area contributed by atoms with Crippen LogP contribution in [0.1, 0.15) is 17.3 Å². The zero-order chi connectivity index (χ0) is 18.4. The van der Waals surface area contributed by atoms with E-state index in [2.05, 4.69) is 0 Å². The van der Waals surface area contributed by atoms with Crippen LogP contribution in [0, 0.1) is 0 Å². The maximum atomic E-state index is 12.4. The topological polar surface area (TPSA) is 93.2 Å². The number of nitrogens with zero attached hydrogens (tertiary/aromatic N) is 2. The summed E-state index contributed by atoms with van der Waals surface area (Å²) >= 11 is 0. The largest absolute Gasteiger partial charge is 0.462 e. The van der Waals surface area contributed by atoms with E-state index >= 15 is 0 Å². The number of ether oxygens (including phenoxy) is 2. The molecule has 0 saturated carbocycles. The van der Waals surface area contributed by atoms with Crippen molar-refractivity contribution in [2.75, 3.05) is 50.0 Å². The molecule has 0 atom stereocenters. The standard InChI is InChI=1S/C16H22N2O6S/c1-3-24-16(20)13-4-6-14(7-5-13)18(25(2,21)22)12-15(19)17-8-10-23-11-9-17/h4-7H,3,8-12H2,1-2H3. The van der Waals surface area contributed by atoms with Crippen LogP contribution in [0.5, 0.6) is 0 Å². The average molecular weight is 370 g/mol. The normalized spacial score (nSPS) is 14.9. The molecule has 138 valence electrons. The van der Waals surface area contributed by atoms with Crippen molar-refractivity contribution in [3.8, 4) is 0 Å². The highest BCUT2D eigenvalue weighted by Crippen LogP contribution is 2.19. The lowest BCUT2D eigenvalue weighted by Crippen LogP contribution is -2.47. The maximum Gasteiger partial charge on any atom is 0.338 e. The molecule has 1 aromatic carbocycles. The molecule has 9 heteroatoms. The van der Waals surface area contributed by atoms with Crippen LogP contribution < -0.4 is 4.31 Å². The second-order valence-corrected chi connectivity index (χ2v) is 7.44. The first-order valence-corrected chi connectivity index (χ1v) is 9.78. The van der Waals surface area contributed by atoms with E-state index in [1.165, 1.54) is 24.3 Å². The maximum absolute atomic E-state index is 12.4. The Bertz CT molecular complexity index is 711. The van der Waals surface area contributed by atoms with Crippen molar-refractivity contribution in [2.24, 2.45) is 0 Å². The van der Waals surface area contributed by atoms with Crippen LogP contribution in [0.4, 0.5) is 5.69 Å². The Labute approximate surface area is 147 Å². The van der Waals surface area contributed by atoms with Crippen molar-refractivity contribution >= 4 is 27.6 Å². The van der Waals surface area contributed by atoms with E-state index < -0.39 is 16.0 Å². The third-order valence-corrected chi connectivity index (χ3v) is 4.85. The van der Waals surface area contributed by atoms with Crippen LogP contribution >= 0.6 is 0 Å². The van der Waals surface area contributed by atoms with E-state index in [9.17, 15) is 18.0 Å². The molecular weight excluding hydrogens is 348 g/mol. The van der Waals surface area contributed by atoms with Gasteiger partial charge in [-0.15, -0.1) is 0 Å². The average Bonchev–Trinajstić information content (AvgIpc) is 2.59. The van der Waals surface area contributed by atoms with Crippen LogP contribution in [0.3, 0.4) is 0 Å². The Balaban J connectivity index is 2.17. The van der Waals surface area contributed by atoms with Crippen LogP contribution in [0.2, 0.25) is 0 Å². The summed E-state index contributed by atoms with van der Waals surface area (Å²) in [7, 11) is -3.66. The monoisotopic (exact) mass is 370 g/mol. The van der Waals surface area contributed by atoms with Crippen molar-refractivity contribution in [3.05, 3.63) is 29.8 Å². The fraction of sp³-hybridized carbons (Fsp3) is 0.500. The predicted octanol–water partition coefficient (Wildman–Crippen LogP) is 0.488. The van der Waals surface area contributed by atoms with Crippen molar-refractivity contribution < 1.29 is 27.5 Å².